The molecule has 0 saturated heterocycles. The molecule has 0 aromatic carbocycles. The fourth-order valence-electron chi connectivity index (χ4n) is 0.313. The van der Waals surface area contributed by atoms with Crippen LogP contribution in [-0.2, 0) is 9.59 Å². The number of carboxylic acids is 2. The minimum Gasteiger partial charge on any atom is -0.478 e. The zero-order valence-corrected chi connectivity index (χ0v) is 5.67. The van der Waals surface area contributed by atoms with Gasteiger partial charge in [0.05, 0.1) is 0 Å². The van der Waals surface area contributed by atoms with E-state index in [0.717, 1.165) is 0 Å². The number of carbonyl (C=O) groups is 2. The molecule has 4 nitrogen and oxygen atoms in total. The van der Waals surface area contributed by atoms with Gasteiger partial charge in [-0.2, -0.15) is 0 Å². The average Bonchev–Trinajstić information content (AvgIpc) is 2.00. The van der Waals surface area contributed by atoms with E-state index in [0.29, 0.717) is 0 Å². The van der Waals surface area contributed by atoms with Crippen LogP contribution in [0.4, 0.5) is 0 Å². The quantitative estimate of drug-likeness (QED) is 0.554. The smallest absolute Gasteiger partial charge is 0.331 e. The first-order valence-electron chi connectivity index (χ1n) is 2.99. The third-order valence-electron chi connectivity index (χ3n) is 1.19. The van der Waals surface area contributed by atoms with Gasteiger partial charge in [0, 0.05) is 11.1 Å². The van der Waals surface area contributed by atoms with Crippen molar-refractivity contribution in [3.8, 4) is 0 Å². The van der Waals surface area contributed by atoms with Crippen molar-refractivity contribution in [2.75, 3.05) is 0 Å². The van der Waals surface area contributed by atoms with Gasteiger partial charge >= 0.3 is 11.9 Å². The Labute approximate surface area is 59.3 Å². The van der Waals surface area contributed by atoms with E-state index in [1.807, 2.05) is 0 Å². The lowest BCUT2D eigenvalue weighted by Crippen LogP contribution is -2.06. The van der Waals surface area contributed by atoms with Crippen LogP contribution in [-0.4, -0.2) is 22.2 Å². The van der Waals surface area contributed by atoms with Gasteiger partial charge in [0.1, 0.15) is 0 Å². The Morgan fingerprint density at radius 3 is 1.90 bits per heavy atom. The molecule has 10 heavy (non-hydrogen) atoms. The van der Waals surface area contributed by atoms with Gasteiger partial charge < -0.3 is 10.2 Å². The lowest BCUT2D eigenvalue weighted by atomic mass is 10.1. The number of hydrogen-bond acceptors (Lipinski definition) is 3. The van der Waals surface area contributed by atoms with Crippen molar-refractivity contribution in [2.24, 2.45) is 0 Å². The zero-order valence-electron chi connectivity index (χ0n) is 6.67. The first kappa shape index (κ1) is 6.80. The van der Waals surface area contributed by atoms with Gasteiger partial charge in [-0.1, -0.05) is 0 Å². The molecule has 0 aliphatic heterocycles. The molecule has 0 spiro atoms. The third-order valence-corrected chi connectivity index (χ3v) is 1.19. The number of hydrogen-bond donors (Lipinski definition) is 2. The van der Waals surface area contributed by atoms with Gasteiger partial charge in [0.2, 0.25) is 0 Å². The normalized spacial score (nSPS) is 13.2. The Kier molecular flexibility index (Phi) is 2.04. The molecule has 0 radical (unpaired) electrons. The van der Waals surface area contributed by atoms with E-state index < -0.39 is 11.9 Å². The van der Waals surface area contributed by atoms with Crippen molar-refractivity contribution >= 4 is 11.9 Å². The molecule has 0 heterocycles. The summed E-state index contributed by atoms with van der Waals surface area (Å²) in [4.78, 5) is 20.8. The Balaban J connectivity index is 4.66. The molecule has 4 heteroatoms. The van der Waals surface area contributed by atoms with E-state index in [2.05, 4.69) is 5.11 Å². The highest BCUT2D eigenvalue weighted by Gasteiger charge is 2.09. The molecule has 0 bridgehead atoms. The second-order valence-corrected chi connectivity index (χ2v) is 1.84. The number of carboxylic acid groups (broad SMARTS) is 2. The molecule has 2 N–H and O–H groups in total. The van der Waals surface area contributed by atoms with Gasteiger partial charge in [-0.25, -0.2) is 9.59 Å². The summed E-state index contributed by atoms with van der Waals surface area (Å²) in [5.74, 6) is -2.13. The summed E-state index contributed by atoms with van der Waals surface area (Å²) in [7, 11) is 0. The summed E-state index contributed by atoms with van der Waals surface area (Å²) in [6.07, 6.45) is 0. The minimum atomic E-state index is -1.19. The van der Waals surface area contributed by atoms with Crippen LogP contribution >= 0.6 is 0 Å². The molecule has 0 rings (SSSR count). The van der Waals surface area contributed by atoms with Crippen molar-refractivity contribution in [2.45, 2.75) is 13.8 Å². The molecule has 56 valence electrons. The molecule has 0 aromatic rings. The second-order valence-electron chi connectivity index (χ2n) is 1.84. The van der Waals surface area contributed by atoms with Gasteiger partial charge in [-0.15, -0.1) is 0 Å². The number of rotatable bonds is 2. The van der Waals surface area contributed by atoms with E-state index in [4.69, 9.17) is 6.54 Å². The number of aliphatic carboxylic acids is 2. The highest BCUT2D eigenvalue weighted by atomic mass is 16.4. The maximum atomic E-state index is 10.5. The maximum Gasteiger partial charge on any atom is 0.331 e. The molecule has 0 amide bonds. The topological polar surface area (TPSA) is 74.6 Å². The van der Waals surface area contributed by atoms with Crippen LogP contribution in [0.25, 0.3) is 1.43 Å². The fourth-order valence-corrected chi connectivity index (χ4v) is 0.313. The lowest BCUT2D eigenvalue weighted by molar-refractivity contribution is -0.135. The molecule has 0 unspecified atom stereocenters. The molecule has 0 aliphatic carbocycles. The van der Waals surface area contributed by atoms with Crippen LogP contribution in [0.3, 0.4) is 0 Å². The lowest BCUT2D eigenvalue weighted by Gasteiger charge is -1.95. The second kappa shape index (κ2) is 3.00. The molecule has 0 fully saturated rings. The van der Waals surface area contributed by atoms with Crippen molar-refractivity contribution < 1.29 is 19.8 Å². The van der Waals surface area contributed by atoms with Crippen LogP contribution in [0.1, 0.15) is 13.8 Å². The van der Waals surface area contributed by atoms with Crippen LogP contribution < -0.4 is 0 Å². The summed E-state index contributed by atoms with van der Waals surface area (Å²) in [5.41, 5.74) is -0.172. The first-order valence-corrected chi connectivity index (χ1v) is 2.59. The Morgan fingerprint density at radius 1 is 1.20 bits per heavy atom. The van der Waals surface area contributed by atoms with Gasteiger partial charge in [0.25, 0.3) is 1.43 Å². The summed E-state index contributed by atoms with van der Waals surface area (Å²) < 4.78 is 6.20. The van der Waals surface area contributed by atoms with Gasteiger partial charge in [-0.05, 0) is 13.8 Å². The Morgan fingerprint density at radius 2 is 1.60 bits per heavy atom. The van der Waals surface area contributed by atoms with Crippen molar-refractivity contribution in [3.63, 3.8) is 0 Å². The predicted octanol–water partition coefficient (Wildman–Crippen LogP) is 0.492. The van der Waals surface area contributed by atoms with Crippen LogP contribution in [0.15, 0.2) is 11.1 Å². The van der Waals surface area contributed by atoms with E-state index in [1.165, 1.54) is 13.8 Å². The largest absolute Gasteiger partial charge is 0.478 e. The third kappa shape index (κ3) is 1.89. The van der Waals surface area contributed by atoms with E-state index >= 15 is 0 Å². The Bertz CT molecular complexity index is 219. The molecule has 0 saturated carbocycles. The van der Waals surface area contributed by atoms with Crippen molar-refractivity contribution in [1.82, 2.24) is 0 Å². The standard InChI is InChI=1S/C6H8O4/c1-3(5(7)8)4(2)6(9)10/h1-2H3,(H,7,8)(H,9,10)/b4-3-/i/hD. The maximum absolute atomic E-state index is 10.5. The first-order chi connectivity index (χ1) is 5.00. The van der Waals surface area contributed by atoms with Crippen molar-refractivity contribution in [1.29, 1.82) is 1.43 Å². The average molecular weight is 145 g/mol. The Hall–Kier alpha value is -1.32. The summed E-state index contributed by atoms with van der Waals surface area (Å²) in [6.45, 7) is 2.56. The zero-order chi connectivity index (χ0) is 9.02. The monoisotopic (exact) mass is 145 g/mol. The predicted molar refractivity (Wildman–Crippen MR) is 33.6 cm³/mol. The van der Waals surface area contributed by atoms with Gasteiger partial charge in [0.15, 0.2) is 0 Å². The van der Waals surface area contributed by atoms with Crippen LogP contribution in [0.5, 0.6) is 0 Å². The van der Waals surface area contributed by atoms with E-state index in [1.54, 1.807) is 0 Å². The summed E-state index contributed by atoms with van der Waals surface area (Å²) in [5, 5.41) is 11.9. The fraction of sp³-hybridized carbons (Fsp3) is 0.333. The molecule has 0 aliphatic rings. The SMILES string of the molecule is [2H]OC(=O)/C(C)=C(/C)C(=O)O. The highest BCUT2D eigenvalue weighted by Crippen LogP contribution is 2.02. The highest BCUT2D eigenvalue weighted by molar-refractivity contribution is 5.97. The van der Waals surface area contributed by atoms with Crippen LogP contribution in [0, 0.1) is 0 Å². The molecule has 0 aromatic heterocycles. The minimum absolute atomic E-state index is 0.0625. The molecule has 0 atom stereocenters. The van der Waals surface area contributed by atoms with E-state index in [-0.39, 0.29) is 11.1 Å². The van der Waals surface area contributed by atoms with Crippen LogP contribution in [0.2, 0.25) is 0 Å². The molecular formula is C6H8O4. The van der Waals surface area contributed by atoms with Crippen molar-refractivity contribution in [3.05, 3.63) is 11.1 Å². The van der Waals surface area contributed by atoms with Gasteiger partial charge in [-0.3, -0.25) is 0 Å². The van der Waals surface area contributed by atoms with E-state index in [9.17, 15) is 9.59 Å². The summed E-state index contributed by atoms with van der Waals surface area (Å²) >= 11 is 0. The molecular weight excluding hydrogens is 136 g/mol. The summed E-state index contributed by atoms with van der Waals surface area (Å²) in [6, 6.07) is 0.